The molecule has 0 aliphatic carbocycles. The first-order chi connectivity index (χ1) is 19.3. The van der Waals surface area contributed by atoms with Crippen LogP contribution in [0.3, 0.4) is 0 Å². The van der Waals surface area contributed by atoms with Gasteiger partial charge in [0.15, 0.2) is 5.11 Å². The maximum Gasteiger partial charge on any atom is 0.174 e. The van der Waals surface area contributed by atoms with Gasteiger partial charge in [0.05, 0.1) is 23.9 Å². The van der Waals surface area contributed by atoms with Gasteiger partial charge in [-0.15, -0.1) is 0 Å². The third kappa shape index (κ3) is 5.30. The molecule has 1 fully saturated rings. The molecule has 4 aromatic rings. The largest absolute Gasteiger partial charge is 0.491 e. The number of ether oxygens (including phenoxy) is 1. The van der Waals surface area contributed by atoms with Crippen LogP contribution < -0.4 is 19.9 Å². The summed E-state index contributed by atoms with van der Waals surface area (Å²) in [6.45, 7) is 14.8. The second-order valence-electron chi connectivity index (χ2n) is 10.5. The highest BCUT2D eigenvalue weighted by atomic mass is 32.1. The Kier molecular flexibility index (Phi) is 8.12. The van der Waals surface area contributed by atoms with Gasteiger partial charge in [0, 0.05) is 47.7 Å². The summed E-state index contributed by atoms with van der Waals surface area (Å²) in [5.74, 6) is 0.848. The van der Waals surface area contributed by atoms with Gasteiger partial charge in [-0.1, -0.05) is 6.07 Å². The maximum atomic E-state index is 5.96. The summed E-state index contributed by atoms with van der Waals surface area (Å²) in [6.07, 6.45) is 1.96. The summed E-state index contributed by atoms with van der Waals surface area (Å²) in [5, 5.41) is 4.28. The lowest BCUT2D eigenvalue weighted by atomic mass is 9.96. The number of pyridine rings is 1. The fourth-order valence-electron chi connectivity index (χ4n) is 5.79. The molecule has 2 atom stereocenters. The molecule has 208 valence electrons. The highest BCUT2D eigenvalue weighted by Crippen LogP contribution is 2.44. The van der Waals surface area contributed by atoms with Gasteiger partial charge in [0.1, 0.15) is 5.75 Å². The first-order valence-electron chi connectivity index (χ1n) is 14.1. The number of hydrogen-bond donors (Lipinski definition) is 1. The molecule has 3 heterocycles. The molecule has 7 heteroatoms. The molecule has 0 radical (unpaired) electrons. The number of hydrogen-bond acceptors (Lipinski definition) is 4. The fourth-order valence-corrected chi connectivity index (χ4v) is 6.14. The molecule has 6 nitrogen and oxygen atoms in total. The zero-order chi connectivity index (χ0) is 28.4. The Labute approximate surface area is 243 Å². The zero-order valence-corrected chi connectivity index (χ0v) is 25.1. The monoisotopic (exact) mass is 553 g/mol. The molecular formula is C33H39N5OS. The molecule has 40 heavy (non-hydrogen) atoms. The van der Waals surface area contributed by atoms with E-state index in [1.54, 1.807) is 0 Å². The van der Waals surface area contributed by atoms with Crippen molar-refractivity contribution in [3.8, 4) is 11.4 Å². The Morgan fingerprint density at radius 2 is 1.62 bits per heavy atom. The van der Waals surface area contributed by atoms with Crippen LogP contribution in [0.2, 0.25) is 0 Å². The Morgan fingerprint density at radius 3 is 2.23 bits per heavy atom. The van der Waals surface area contributed by atoms with Crippen molar-refractivity contribution < 1.29 is 4.74 Å². The molecule has 0 saturated carbocycles. The van der Waals surface area contributed by atoms with Crippen LogP contribution in [0.1, 0.15) is 62.4 Å². The van der Waals surface area contributed by atoms with Crippen molar-refractivity contribution in [1.29, 1.82) is 0 Å². The van der Waals surface area contributed by atoms with Crippen LogP contribution in [0.15, 0.2) is 79.0 Å². The van der Waals surface area contributed by atoms with Crippen LogP contribution in [0.25, 0.3) is 5.69 Å². The molecule has 1 saturated heterocycles. The van der Waals surface area contributed by atoms with E-state index in [9.17, 15) is 0 Å². The predicted molar refractivity (Wildman–Crippen MR) is 169 cm³/mol. The highest BCUT2D eigenvalue weighted by Gasteiger charge is 2.42. The molecular weight excluding hydrogens is 514 g/mol. The number of rotatable bonds is 9. The lowest BCUT2D eigenvalue weighted by molar-refractivity contribution is 0.242. The van der Waals surface area contributed by atoms with E-state index in [4.69, 9.17) is 21.9 Å². The highest BCUT2D eigenvalue weighted by molar-refractivity contribution is 7.80. The van der Waals surface area contributed by atoms with Crippen LogP contribution in [0.4, 0.5) is 11.4 Å². The summed E-state index contributed by atoms with van der Waals surface area (Å²) < 4.78 is 8.25. The SMILES string of the molecule is CCN(CC)c1ccc(-n2c(C)cc([C@H]3[C@H](c4ccccn4)NC(=S)N3c3ccc(OC(C)C)cc3)c2C)cc1. The lowest BCUT2D eigenvalue weighted by Gasteiger charge is -2.28. The van der Waals surface area contributed by atoms with Gasteiger partial charge < -0.3 is 24.4 Å². The van der Waals surface area contributed by atoms with Crippen molar-refractivity contribution in [3.63, 3.8) is 0 Å². The minimum absolute atomic E-state index is 0.0748. The first-order valence-corrected chi connectivity index (χ1v) is 14.5. The van der Waals surface area contributed by atoms with E-state index in [-0.39, 0.29) is 18.2 Å². The number of nitrogens with one attached hydrogen (secondary N) is 1. The number of thiocarbonyl (C=S) groups is 1. The van der Waals surface area contributed by atoms with Crippen molar-refractivity contribution in [1.82, 2.24) is 14.9 Å². The van der Waals surface area contributed by atoms with Crippen LogP contribution >= 0.6 is 12.2 Å². The lowest BCUT2D eigenvalue weighted by Crippen LogP contribution is -2.29. The van der Waals surface area contributed by atoms with Gasteiger partial charge in [0.25, 0.3) is 0 Å². The van der Waals surface area contributed by atoms with E-state index < -0.39 is 0 Å². The van der Waals surface area contributed by atoms with Gasteiger partial charge in [0.2, 0.25) is 0 Å². The summed E-state index contributed by atoms with van der Waals surface area (Å²) >= 11 is 5.96. The van der Waals surface area contributed by atoms with Crippen LogP contribution in [0, 0.1) is 13.8 Å². The predicted octanol–water partition coefficient (Wildman–Crippen LogP) is 7.30. The minimum atomic E-state index is -0.0979. The molecule has 0 unspecified atom stereocenters. The molecule has 1 N–H and O–H groups in total. The molecule has 0 amide bonds. The van der Waals surface area contributed by atoms with Crippen LogP contribution in [-0.4, -0.2) is 33.9 Å². The molecule has 0 bridgehead atoms. The third-order valence-corrected chi connectivity index (χ3v) is 7.92. The van der Waals surface area contributed by atoms with Gasteiger partial charge in [-0.3, -0.25) is 4.98 Å². The molecule has 2 aromatic carbocycles. The van der Waals surface area contributed by atoms with E-state index in [1.807, 2.05) is 44.3 Å². The van der Waals surface area contributed by atoms with E-state index in [2.05, 4.69) is 95.9 Å². The van der Waals surface area contributed by atoms with E-state index >= 15 is 0 Å². The average Bonchev–Trinajstić information content (AvgIpc) is 3.45. The first kappa shape index (κ1) is 27.7. The summed E-state index contributed by atoms with van der Waals surface area (Å²) in [7, 11) is 0. The van der Waals surface area contributed by atoms with Gasteiger partial charge in [-0.2, -0.15) is 0 Å². The number of benzene rings is 2. The summed E-state index contributed by atoms with van der Waals surface area (Å²) in [6, 6.07) is 25.3. The molecule has 5 rings (SSSR count). The van der Waals surface area contributed by atoms with Crippen LogP contribution in [0.5, 0.6) is 5.75 Å². The Balaban J connectivity index is 1.58. The minimum Gasteiger partial charge on any atom is -0.491 e. The molecule has 0 spiro atoms. The van der Waals surface area contributed by atoms with Crippen molar-refractivity contribution in [3.05, 3.63) is 102 Å². The molecule has 1 aliphatic heterocycles. The number of aromatic nitrogens is 2. The molecule has 1 aliphatic rings. The van der Waals surface area contributed by atoms with Crippen molar-refractivity contribution >= 4 is 28.7 Å². The number of anilines is 2. The van der Waals surface area contributed by atoms with E-state index in [0.29, 0.717) is 5.11 Å². The summed E-state index contributed by atoms with van der Waals surface area (Å²) in [5.41, 5.74) is 7.97. The number of aryl methyl sites for hydroxylation is 1. The van der Waals surface area contributed by atoms with E-state index in [0.717, 1.165) is 35.9 Å². The maximum absolute atomic E-state index is 5.96. The average molecular weight is 554 g/mol. The van der Waals surface area contributed by atoms with E-state index in [1.165, 1.54) is 22.6 Å². The fraction of sp³-hybridized carbons (Fsp3) is 0.333. The van der Waals surface area contributed by atoms with Gasteiger partial charge in [-0.25, -0.2) is 0 Å². The van der Waals surface area contributed by atoms with Crippen molar-refractivity contribution in [2.75, 3.05) is 22.9 Å². The Morgan fingerprint density at radius 1 is 0.950 bits per heavy atom. The standard InChI is InChI=1S/C33H39N5OS/c1-7-36(8-2)25-12-14-26(15-13-25)37-23(5)21-29(24(37)6)32-31(30-11-9-10-20-34-30)35-33(40)38(32)27-16-18-28(19-17-27)39-22(3)4/h9-22,31-32H,7-8H2,1-6H3,(H,35,40)/t31-,32-/m0/s1. The molecule has 2 aromatic heterocycles. The van der Waals surface area contributed by atoms with Crippen molar-refractivity contribution in [2.24, 2.45) is 0 Å². The Bertz CT molecular complexity index is 1440. The second kappa shape index (κ2) is 11.7. The second-order valence-corrected chi connectivity index (χ2v) is 10.9. The third-order valence-electron chi connectivity index (χ3n) is 7.61. The van der Waals surface area contributed by atoms with Gasteiger partial charge >= 0.3 is 0 Å². The smallest absolute Gasteiger partial charge is 0.174 e. The van der Waals surface area contributed by atoms with Crippen molar-refractivity contribution in [2.45, 2.75) is 59.7 Å². The number of nitrogens with zero attached hydrogens (tertiary/aromatic N) is 4. The van der Waals surface area contributed by atoms with Crippen LogP contribution in [-0.2, 0) is 0 Å². The Hall–Kier alpha value is -3.84. The summed E-state index contributed by atoms with van der Waals surface area (Å²) in [4.78, 5) is 9.31. The zero-order valence-electron chi connectivity index (χ0n) is 24.3. The quantitative estimate of drug-likeness (QED) is 0.220. The topological polar surface area (TPSA) is 45.6 Å². The normalized spacial score (nSPS) is 16.9. The van der Waals surface area contributed by atoms with Gasteiger partial charge in [-0.05, 0) is 126 Å².